The van der Waals surface area contributed by atoms with Crippen LogP contribution in [0.15, 0.2) is 212 Å². The molecule has 0 unspecified atom stereocenters. The molecule has 73 heavy (non-hydrogen) atoms. The van der Waals surface area contributed by atoms with Crippen molar-refractivity contribution in [3.63, 3.8) is 0 Å². The molecule has 11 aromatic rings. The van der Waals surface area contributed by atoms with Crippen molar-refractivity contribution in [2.45, 2.75) is 45.4 Å². The number of rotatable bonds is 6. The largest absolute Gasteiger partial charge is 0.493 e. The molecule has 0 radical (unpaired) electrons. The topological polar surface area (TPSA) is 24.3 Å². The standard InChI is InChI=1S/C67H51N4Si.Pt/c1-66(2,3)45-38-39-68-63(40-45)71-57-29-14-10-24-50(57)51-35-34-48(42-60(51)71)72(61-32-17-11-25-52(61)53-26-12-18-33-62(53)72)47-23-19-22-46(41-47)69-43-70(59-31-16-15-30-58(59)69)65-49(44-20-7-6-8-21-44)36-37-56-64(65)54-27-9-13-28-55(54)67(56,4)5;/h6-40,43H,1-5H3;/q-3;. The second kappa shape index (κ2) is 16.7. The van der Waals surface area contributed by atoms with Crippen LogP contribution < -0.4 is 30.5 Å². The van der Waals surface area contributed by atoms with Gasteiger partial charge in [0.2, 0.25) is 0 Å². The fourth-order valence-electron chi connectivity index (χ4n) is 12.5. The number of fused-ring (bicyclic) bond motifs is 10. The Kier molecular flexibility index (Phi) is 10.4. The first-order valence-corrected chi connectivity index (χ1v) is 27.1. The Morgan fingerprint density at radius 3 is 1.93 bits per heavy atom. The minimum Gasteiger partial charge on any atom is -0.493 e. The van der Waals surface area contributed by atoms with Crippen molar-refractivity contribution in [3.05, 3.63) is 248 Å². The Morgan fingerprint density at radius 2 is 1.18 bits per heavy atom. The zero-order chi connectivity index (χ0) is 48.5. The van der Waals surface area contributed by atoms with E-state index in [1.165, 1.54) is 81.9 Å². The van der Waals surface area contributed by atoms with Gasteiger partial charge in [0.25, 0.3) is 0 Å². The fraction of sp³-hybridized carbons (Fsp3) is 0.104. The molecule has 0 spiro atoms. The molecular formula is C67H51N4PtSi-3. The maximum absolute atomic E-state index is 5.07. The summed E-state index contributed by atoms with van der Waals surface area (Å²) in [5, 5.41) is 7.44. The van der Waals surface area contributed by atoms with E-state index in [0.717, 1.165) is 39.3 Å². The zero-order valence-corrected chi connectivity index (χ0v) is 44.7. The number of benzene rings is 9. The number of nitrogens with zero attached hydrogens (tertiary/aromatic N) is 4. The number of aromatic nitrogens is 2. The molecule has 356 valence electrons. The summed E-state index contributed by atoms with van der Waals surface area (Å²) in [4.78, 5) is 9.89. The summed E-state index contributed by atoms with van der Waals surface area (Å²) in [6, 6.07) is 84.8. The molecule has 0 fully saturated rings. The van der Waals surface area contributed by atoms with E-state index in [4.69, 9.17) is 4.98 Å². The SMILES string of the molecule is CC(C)(C)c1ccnc(-n2c3[c-]c([Si]4(c5[c-]c(N6[CH-]N(c7c(-c8ccccc8)ccc8c7-c7ccccc7C8(C)C)c7ccccc76)ccc5)c5ccccc5-c5ccccc54)ccc3c3ccccc32)c1.[Pt]. The predicted molar refractivity (Wildman–Crippen MR) is 302 cm³/mol. The zero-order valence-electron chi connectivity index (χ0n) is 41.4. The van der Waals surface area contributed by atoms with Gasteiger partial charge in [0.05, 0.1) is 0 Å². The molecule has 0 bridgehead atoms. The Hall–Kier alpha value is -7.56. The van der Waals surface area contributed by atoms with Gasteiger partial charge in [-0.1, -0.05) is 186 Å². The van der Waals surface area contributed by atoms with E-state index in [0.29, 0.717) is 0 Å². The van der Waals surface area contributed by atoms with E-state index in [1.807, 2.05) is 6.20 Å². The molecule has 3 aliphatic rings. The summed E-state index contributed by atoms with van der Waals surface area (Å²) in [6.07, 6.45) is 1.96. The van der Waals surface area contributed by atoms with Crippen LogP contribution in [-0.4, -0.2) is 17.6 Å². The summed E-state index contributed by atoms with van der Waals surface area (Å²) < 4.78 is 2.34. The third kappa shape index (κ3) is 6.58. The molecule has 0 atom stereocenters. The summed E-state index contributed by atoms with van der Waals surface area (Å²) in [6.45, 7) is 13.9. The van der Waals surface area contributed by atoms with Crippen LogP contribution >= 0.6 is 0 Å². The second-order valence-electron chi connectivity index (χ2n) is 21.2. The van der Waals surface area contributed by atoms with Gasteiger partial charge in [0, 0.05) is 66.4 Å². The van der Waals surface area contributed by atoms with E-state index in [9.17, 15) is 0 Å². The first kappa shape index (κ1) is 45.3. The average Bonchev–Trinajstić information content (AvgIpc) is 4.14. The van der Waals surface area contributed by atoms with E-state index >= 15 is 0 Å². The van der Waals surface area contributed by atoms with Crippen molar-refractivity contribution < 1.29 is 21.1 Å². The minimum atomic E-state index is -3.13. The van der Waals surface area contributed by atoms with Crippen LogP contribution in [0, 0.1) is 18.8 Å². The summed E-state index contributed by atoms with van der Waals surface area (Å²) in [5.41, 5.74) is 17.8. The molecule has 0 N–H and O–H groups in total. The monoisotopic (exact) mass is 1130 g/mol. The maximum atomic E-state index is 5.07. The first-order chi connectivity index (χ1) is 35.1. The molecule has 1 aliphatic carbocycles. The maximum Gasteiger partial charge on any atom is 0.135 e. The Morgan fingerprint density at radius 1 is 0.534 bits per heavy atom. The molecule has 9 aromatic carbocycles. The third-order valence-electron chi connectivity index (χ3n) is 15.9. The van der Waals surface area contributed by atoms with Gasteiger partial charge in [0.15, 0.2) is 0 Å². The molecule has 6 heteroatoms. The van der Waals surface area contributed by atoms with Gasteiger partial charge in [0.1, 0.15) is 13.9 Å². The molecule has 0 saturated heterocycles. The molecular weight excluding hydrogens is 1080 g/mol. The molecule has 14 rings (SSSR count). The van der Waals surface area contributed by atoms with Crippen molar-refractivity contribution >= 4 is 73.4 Å². The van der Waals surface area contributed by atoms with E-state index in [2.05, 4.69) is 274 Å². The summed E-state index contributed by atoms with van der Waals surface area (Å²) in [5.74, 6) is 0.901. The Balaban J connectivity index is 0.00000516. The Labute approximate surface area is 443 Å². The first-order valence-electron chi connectivity index (χ1n) is 25.1. The fourth-order valence-corrected chi connectivity index (χ4v) is 17.5. The number of hydrogen-bond donors (Lipinski definition) is 0. The van der Waals surface area contributed by atoms with Crippen LogP contribution in [0.5, 0.6) is 0 Å². The van der Waals surface area contributed by atoms with E-state index < -0.39 is 8.07 Å². The van der Waals surface area contributed by atoms with Gasteiger partial charge in [-0.15, -0.1) is 17.7 Å². The van der Waals surface area contributed by atoms with E-state index in [1.54, 1.807) is 0 Å². The molecule has 4 nitrogen and oxygen atoms in total. The quantitative estimate of drug-likeness (QED) is 0.122. The summed E-state index contributed by atoms with van der Waals surface area (Å²) in [7, 11) is -3.13. The van der Waals surface area contributed by atoms with Crippen LogP contribution in [0.4, 0.5) is 22.7 Å². The predicted octanol–water partition coefficient (Wildman–Crippen LogP) is 13.8. The van der Waals surface area contributed by atoms with Gasteiger partial charge in [-0.25, -0.2) is 4.98 Å². The minimum absolute atomic E-state index is 0. The molecule has 2 aromatic heterocycles. The summed E-state index contributed by atoms with van der Waals surface area (Å²) >= 11 is 0. The molecule has 0 saturated carbocycles. The van der Waals surface area contributed by atoms with Crippen molar-refractivity contribution in [2.24, 2.45) is 0 Å². The smallest absolute Gasteiger partial charge is 0.135 e. The number of hydrogen-bond acceptors (Lipinski definition) is 3. The van der Waals surface area contributed by atoms with Crippen molar-refractivity contribution in [3.8, 4) is 39.2 Å². The number of para-hydroxylation sites is 3. The van der Waals surface area contributed by atoms with Gasteiger partial charge < -0.3 is 14.4 Å². The average molecular weight is 1140 g/mol. The van der Waals surface area contributed by atoms with Crippen LogP contribution in [-0.2, 0) is 31.9 Å². The third-order valence-corrected chi connectivity index (χ3v) is 20.6. The molecule has 2 aliphatic heterocycles. The van der Waals surface area contributed by atoms with Crippen molar-refractivity contribution in [1.29, 1.82) is 0 Å². The van der Waals surface area contributed by atoms with Gasteiger partial charge in [-0.05, 0) is 90.5 Å². The van der Waals surface area contributed by atoms with Crippen molar-refractivity contribution in [1.82, 2.24) is 9.55 Å². The van der Waals surface area contributed by atoms with Crippen LogP contribution in [0.2, 0.25) is 0 Å². The number of pyridine rings is 1. The van der Waals surface area contributed by atoms with Crippen LogP contribution in [0.3, 0.4) is 0 Å². The second-order valence-corrected chi connectivity index (χ2v) is 24.9. The normalized spacial score (nSPS) is 14.6. The van der Waals surface area contributed by atoms with Gasteiger partial charge in [-0.2, -0.15) is 52.8 Å². The number of anilines is 4. The molecule has 0 amide bonds. The van der Waals surface area contributed by atoms with Gasteiger partial charge >= 0.3 is 0 Å². The van der Waals surface area contributed by atoms with E-state index in [-0.39, 0.29) is 31.9 Å². The Bertz CT molecular complexity index is 3970. The van der Waals surface area contributed by atoms with Gasteiger partial charge in [-0.3, -0.25) is 0 Å². The molecule has 4 heterocycles. The van der Waals surface area contributed by atoms with Crippen molar-refractivity contribution in [2.75, 3.05) is 9.80 Å². The van der Waals surface area contributed by atoms with Crippen LogP contribution in [0.1, 0.15) is 51.3 Å². The van der Waals surface area contributed by atoms with Crippen LogP contribution in [0.25, 0.3) is 61.0 Å².